The van der Waals surface area contributed by atoms with Gasteiger partial charge in [-0.25, -0.2) is 4.98 Å². The molecule has 0 saturated heterocycles. The molecule has 3 nitrogen and oxygen atoms in total. The molecule has 0 spiro atoms. The van der Waals surface area contributed by atoms with E-state index in [1.165, 1.54) is 0 Å². The Hall–Kier alpha value is -2.02. The Morgan fingerprint density at radius 2 is 1.67 bits per heavy atom. The molecule has 0 bridgehead atoms. The first-order valence-corrected chi connectivity index (χ1v) is 8.46. The van der Waals surface area contributed by atoms with Gasteiger partial charge in [-0.1, -0.05) is 53.6 Å². The van der Waals surface area contributed by atoms with E-state index in [1.54, 1.807) is 12.1 Å². The number of halogens is 2. The van der Waals surface area contributed by atoms with Crippen LogP contribution in [0.4, 0.5) is 0 Å². The average Bonchev–Trinajstić information content (AvgIpc) is 3.02. The third-order valence-corrected chi connectivity index (χ3v) is 4.67. The van der Waals surface area contributed by atoms with Crippen molar-refractivity contribution in [1.82, 2.24) is 4.98 Å². The average molecular weight is 360 g/mol. The molecule has 1 fully saturated rings. The SMILES string of the molecule is O=C(O)C1CCCC1c1ccc(C#Cc2cc(Cl)nc(Cl)c2)cc1. The highest BCUT2D eigenvalue weighted by atomic mass is 35.5. The van der Waals surface area contributed by atoms with E-state index in [9.17, 15) is 9.90 Å². The highest BCUT2D eigenvalue weighted by Gasteiger charge is 2.33. The number of aromatic nitrogens is 1. The fraction of sp³-hybridized carbons (Fsp3) is 0.263. The third-order valence-electron chi connectivity index (χ3n) is 4.29. The predicted octanol–water partition coefficient (Wildman–Crippen LogP) is 4.76. The molecule has 24 heavy (non-hydrogen) atoms. The summed E-state index contributed by atoms with van der Waals surface area (Å²) in [4.78, 5) is 15.2. The molecule has 122 valence electrons. The van der Waals surface area contributed by atoms with Gasteiger partial charge in [0.05, 0.1) is 5.92 Å². The number of pyridine rings is 1. The Kier molecular flexibility index (Phi) is 5.08. The fourth-order valence-corrected chi connectivity index (χ4v) is 3.61. The quantitative estimate of drug-likeness (QED) is 0.621. The van der Waals surface area contributed by atoms with Crippen molar-refractivity contribution in [3.05, 3.63) is 63.4 Å². The zero-order valence-electron chi connectivity index (χ0n) is 12.8. The van der Waals surface area contributed by atoms with E-state index in [1.807, 2.05) is 24.3 Å². The van der Waals surface area contributed by atoms with Crippen LogP contribution < -0.4 is 0 Å². The topological polar surface area (TPSA) is 50.2 Å². The zero-order valence-corrected chi connectivity index (χ0v) is 14.3. The number of aliphatic carboxylic acids is 1. The largest absolute Gasteiger partial charge is 0.481 e. The lowest BCUT2D eigenvalue weighted by Gasteiger charge is -2.15. The van der Waals surface area contributed by atoms with Gasteiger partial charge < -0.3 is 5.11 Å². The molecule has 1 aromatic heterocycles. The Morgan fingerprint density at radius 3 is 2.29 bits per heavy atom. The summed E-state index contributed by atoms with van der Waals surface area (Å²) in [5, 5.41) is 9.92. The van der Waals surface area contributed by atoms with Crippen molar-refractivity contribution in [3.8, 4) is 11.8 Å². The molecule has 1 aliphatic rings. The monoisotopic (exact) mass is 359 g/mol. The van der Waals surface area contributed by atoms with Crippen molar-refractivity contribution in [1.29, 1.82) is 0 Å². The summed E-state index contributed by atoms with van der Waals surface area (Å²) in [5.41, 5.74) is 2.62. The lowest BCUT2D eigenvalue weighted by Crippen LogP contribution is -2.16. The Bertz CT molecular complexity index is 801. The third kappa shape index (κ3) is 3.90. The Morgan fingerprint density at radius 1 is 1.04 bits per heavy atom. The highest BCUT2D eigenvalue weighted by Crippen LogP contribution is 2.39. The minimum absolute atomic E-state index is 0.0994. The molecule has 0 aliphatic heterocycles. The lowest BCUT2D eigenvalue weighted by molar-refractivity contribution is -0.142. The number of hydrogen-bond acceptors (Lipinski definition) is 2. The van der Waals surface area contributed by atoms with Crippen LogP contribution in [-0.4, -0.2) is 16.1 Å². The van der Waals surface area contributed by atoms with E-state index in [0.29, 0.717) is 15.9 Å². The zero-order chi connectivity index (χ0) is 17.1. The molecule has 1 aromatic carbocycles. The molecule has 2 unspecified atom stereocenters. The molecule has 2 aromatic rings. The molecule has 1 saturated carbocycles. The number of nitrogens with zero attached hydrogens (tertiary/aromatic N) is 1. The lowest BCUT2D eigenvalue weighted by atomic mass is 9.88. The van der Waals surface area contributed by atoms with Gasteiger partial charge in [0.2, 0.25) is 0 Å². The van der Waals surface area contributed by atoms with E-state index in [2.05, 4.69) is 16.8 Å². The first-order chi connectivity index (χ1) is 11.5. The summed E-state index contributed by atoms with van der Waals surface area (Å²) in [7, 11) is 0. The Labute approximate surface area is 150 Å². The van der Waals surface area contributed by atoms with Crippen LogP contribution in [0.3, 0.4) is 0 Å². The second kappa shape index (κ2) is 7.25. The summed E-state index contributed by atoms with van der Waals surface area (Å²) < 4.78 is 0. The number of rotatable bonds is 2. The maximum absolute atomic E-state index is 11.3. The van der Waals surface area contributed by atoms with Crippen LogP contribution >= 0.6 is 23.2 Å². The maximum atomic E-state index is 11.3. The van der Waals surface area contributed by atoms with E-state index in [0.717, 1.165) is 30.4 Å². The molecular weight excluding hydrogens is 345 g/mol. The summed E-state index contributed by atoms with van der Waals surface area (Å²) in [6.07, 6.45) is 2.65. The van der Waals surface area contributed by atoms with Crippen molar-refractivity contribution in [2.24, 2.45) is 5.92 Å². The van der Waals surface area contributed by atoms with E-state index in [-0.39, 0.29) is 11.8 Å². The smallest absolute Gasteiger partial charge is 0.307 e. The minimum atomic E-state index is -0.701. The van der Waals surface area contributed by atoms with Gasteiger partial charge in [-0.2, -0.15) is 0 Å². The van der Waals surface area contributed by atoms with Gasteiger partial charge in [0.25, 0.3) is 0 Å². The molecule has 1 heterocycles. The van der Waals surface area contributed by atoms with Gasteiger partial charge in [-0.15, -0.1) is 0 Å². The second-order valence-corrected chi connectivity index (χ2v) is 6.63. The molecule has 5 heteroatoms. The van der Waals surface area contributed by atoms with Crippen LogP contribution in [0.1, 0.15) is 41.9 Å². The first-order valence-electron chi connectivity index (χ1n) is 7.71. The normalized spacial score (nSPS) is 19.6. The highest BCUT2D eigenvalue weighted by molar-refractivity contribution is 6.32. The van der Waals surface area contributed by atoms with Crippen molar-refractivity contribution >= 4 is 29.2 Å². The van der Waals surface area contributed by atoms with Crippen LogP contribution in [0, 0.1) is 17.8 Å². The molecule has 3 rings (SSSR count). The van der Waals surface area contributed by atoms with Crippen molar-refractivity contribution in [2.75, 3.05) is 0 Å². The fourth-order valence-electron chi connectivity index (χ4n) is 3.15. The van der Waals surface area contributed by atoms with Crippen molar-refractivity contribution < 1.29 is 9.90 Å². The summed E-state index contributed by atoms with van der Waals surface area (Å²) in [5.74, 6) is 5.18. The van der Waals surface area contributed by atoms with Crippen LogP contribution in [0.5, 0.6) is 0 Å². The van der Waals surface area contributed by atoms with Gasteiger partial charge in [0, 0.05) is 11.1 Å². The van der Waals surface area contributed by atoms with Crippen molar-refractivity contribution in [2.45, 2.75) is 25.2 Å². The van der Waals surface area contributed by atoms with Gasteiger partial charge in [0.1, 0.15) is 10.3 Å². The number of carboxylic acids is 1. The Balaban J connectivity index is 1.78. The molecule has 1 aliphatic carbocycles. The van der Waals surface area contributed by atoms with Crippen LogP contribution in [0.15, 0.2) is 36.4 Å². The van der Waals surface area contributed by atoms with Gasteiger partial charge in [0.15, 0.2) is 0 Å². The molecule has 0 radical (unpaired) electrons. The minimum Gasteiger partial charge on any atom is -0.481 e. The molecule has 0 amide bonds. The summed E-state index contributed by atoms with van der Waals surface area (Å²) >= 11 is 11.7. The van der Waals surface area contributed by atoms with Crippen LogP contribution in [-0.2, 0) is 4.79 Å². The van der Waals surface area contributed by atoms with Gasteiger partial charge >= 0.3 is 5.97 Å². The molecule has 1 N–H and O–H groups in total. The van der Waals surface area contributed by atoms with Gasteiger partial charge in [-0.05, 0) is 48.6 Å². The molecular formula is C19H15Cl2NO2. The standard InChI is InChI=1S/C19H15Cl2NO2/c20-17-10-13(11-18(21)22-17)5-4-12-6-8-14(9-7-12)15-2-1-3-16(15)19(23)24/h6-11,15-16H,1-3H2,(H,23,24). The maximum Gasteiger partial charge on any atom is 0.307 e. The summed E-state index contributed by atoms with van der Waals surface area (Å²) in [6.45, 7) is 0. The van der Waals surface area contributed by atoms with E-state index in [4.69, 9.17) is 23.2 Å². The summed E-state index contributed by atoms with van der Waals surface area (Å²) in [6, 6.07) is 11.1. The number of hydrogen-bond donors (Lipinski definition) is 1. The van der Waals surface area contributed by atoms with E-state index < -0.39 is 5.97 Å². The van der Waals surface area contributed by atoms with Crippen molar-refractivity contribution in [3.63, 3.8) is 0 Å². The number of carboxylic acid groups (broad SMARTS) is 1. The van der Waals surface area contributed by atoms with E-state index >= 15 is 0 Å². The number of carbonyl (C=O) groups is 1. The first kappa shape index (κ1) is 16.8. The van der Waals surface area contributed by atoms with Gasteiger partial charge in [-0.3, -0.25) is 4.79 Å². The second-order valence-electron chi connectivity index (χ2n) is 5.86. The predicted molar refractivity (Wildman–Crippen MR) is 94.4 cm³/mol. The van der Waals surface area contributed by atoms with Crippen LogP contribution in [0.25, 0.3) is 0 Å². The molecule has 2 atom stereocenters. The number of benzene rings is 1. The van der Waals surface area contributed by atoms with Crippen LogP contribution in [0.2, 0.25) is 10.3 Å².